The van der Waals surface area contributed by atoms with E-state index in [0.717, 1.165) is 28.8 Å². The van der Waals surface area contributed by atoms with Crippen LogP contribution in [0.1, 0.15) is 11.4 Å². The van der Waals surface area contributed by atoms with Crippen LogP contribution in [-0.2, 0) is 6.54 Å². The van der Waals surface area contributed by atoms with E-state index < -0.39 is 0 Å². The largest absolute Gasteiger partial charge is 0.285 e. The minimum Gasteiger partial charge on any atom is -0.285 e. The summed E-state index contributed by atoms with van der Waals surface area (Å²) in [6.45, 7) is 4.45. The zero-order chi connectivity index (χ0) is 11.3. The third-order valence-corrected chi connectivity index (χ3v) is 3.67. The summed E-state index contributed by atoms with van der Waals surface area (Å²) >= 11 is 1.59. The molecule has 2 aromatic heterocycles. The second kappa shape index (κ2) is 3.28. The molecule has 0 aromatic carbocycles. The Morgan fingerprint density at radius 2 is 1.94 bits per heavy atom. The topological polar surface area (TPSA) is 60.7 Å². The lowest BCUT2D eigenvalue weighted by Gasteiger charge is -2.04. The van der Waals surface area contributed by atoms with Gasteiger partial charge in [-0.2, -0.15) is 0 Å². The number of fused-ring (bicyclic) bond motifs is 2. The Balaban J connectivity index is 2.46. The van der Waals surface area contributed by atoms with Crippen molar-refractivity contribution in [3.05, 3.63) is 21.7 Å². The molecule has 5 nitrogen and oxygen atoms in total. The second-order valence-corrected chi connectivity index (χ2v) is 4.83. The number of aromatic nitrogens is 4. The molecule has 3 heterocycles. The van der Waals surface area contributed by atoms with Crippen molar-refractivity contribution in [2.24, 2.45) is 0 Å². The third kappa shape index (κ3) is 1.26. The molecule has 0 N–H and O–H groups in total. The fraction of sp³-hybridized carbons (Fsp3) is 0.400. The molecule has 82 valence electrons. The Labute approximate surface area is 95.9 Å². The lowest BCUT2D eigenvalue weighted by Crippen LogP contribution is -2.22. The SMILES string of the molecule is Cc1nc2nc3n(c(=O)c2nc1C)CCS3. The summed E-state index contributed by atoms with van der Waals surface area (Å²) in [5.74, 6) is 0.899. The second-order valence-electron chi connectivity index (χ2n) is 3.77. The van der Waals surface area contributed by atoms with Crippen LogP contribution < -0.4 is 5.56 Å². The van der Waals surface area contributed by atoms with Gasteiger partial charge in [-0.25, -0.2) is 15.0 Å². The first-order valence-electron chi connectivity index (χ1n) is 5.05. The maximum absolute atomic E-state index is 12.1. The highest BCUT2D eigenvalue weighted by Crippen LogP contribution is 2.22. The molecule has 2 aromatic rings. The van der Waals surface area contributed by atoms with Crippen LogP contribution >= 0.6 is 11.8 Å². The highest BCUT2D eigenvalue weighted by molar-refractivity contribution is 7.99. The van der Waals surface area contributed by atoms with Crippen LogP contribution in [0.4, 0.5) is 0 Å². The van der Waals surface area contributed by atoms with Gasteiger partial charge in [0.1, 0.15) is 0 Å². The van der Waals surface area contributed by atoms with E-state index in [9.17, 15) is 4.79 Å². The van der Waals surface area contributed by atoms with Crippen molar-refractivity contribution in [2.45, 2.75) is 25.5 Å². The van der Waals surface area contributed by atoms with E-state index in [-0.39, 0.29) is 5.56 Å². The number of aryl methyl sites for hydroxylation is 2. The molecule has 1 aliphatic heterocycles. The summed E-state index contributed by atoms with van der Waals surface area (Å²) in [5, 5.41) is 0.759. The monoisotopic (exact) mass is 234 g/mol. The Hall–Kier alpha value is -1.43. The third-order valence-electron chi connectivity index (χ3n) is 2.71. The number of hydrogen-bond acceptors (Lipinski definition) is 5. The number of hydrogen-bond donors (Lipinski definition) is 0. The molecule has 0 fully saturated rings. The van der Waals surface area contributed by atoms with Gasteiger partial charge in [-0.3, -0.25) is 9.36 Å². The summed E-state index contributed by atoms with van der Waals surface area (Å²) in [4.78, 5) is 25.1. The molecule has 0 radical (unpaired) electrons. The van der Waals surface area contributed by atoms with Crippen LogP contribution in [-0.4, -0.2) is 25.3 Å². The lowest BCUT2D eigenvalue weighted by molar-refractivity contribution is 0.664. The molecule has 0 unspecified atom stereocenters. The van der Waals surface area contributed by atoms with Gasteiger partial charge in [0.05, 0.1) is 11.4 Å². The standard InChI is InChI=1S/C10H10N4OS/c1-5-6(2)12-8-7(11-5)9(15)14-3-4-16-10(14)13-8/h3-4H2,1-2H3. The van der Waals surface area contributed by atoms with E-state index in [4.69, 9.17) is 0 Å². The molecule has 0 atom stereocenters. The highest BCUT2D eigenvalue weighted by atomic mass is 32.2. The van der Waals surface area contributed by atoms with E-state index in [1.807, 2.05) is 13.8 Å². The average Bonchev–Trinajstić information content (AvgIpc) is 2.70. The van der Waals surface area contributed by atoms with Gasteiger partial charge < -0.3 is 0 Å². The molecule has 1 aliphatic rings. The van der Waals surface area contributed by atoms with Gasteiger partial charge in [-0.05, 0) is 13.8 Å². The van der Waals surface area contributed by atoms with Gasteiger partial charge in [-0.15, -0.1) is 0 Å². The molecular formula is C10H10N4OS. The van der Waals surface area contributed by atoms with Crippen LogP contribution in [0.2, 0.25) is 0 Å². The van der Waals surface area contributed by atoms with Crippen LogP contribution in [0.25, 0.3) is 11.2 Å². The molecule has 0 spiro atoms. The first kappa shape index (κ1) is 9.77. The zero-order valence-electron chi connectivity index (χ0n) is 9.02. The van der Waals surface area contributed by atoms with Gasteiger partial charge in [0.25, 0.3) is 5.56 Å². The number of rotatable bonds is 0. The number of nitrogens with zero attached hydrogens (tertiary/aromatic N) is 4. The van der Waals surface area contributed by atoms with Crippen LogP contribution in [0.3, 0.4) is 0 Å². The van der Waals surface area contributed by atoms with E-state index in [2.05, 4.69) is 15.0 Å². The van der Waals surface area contributed by atoms with Crippen LogP contribution in [0, 0.1) is 13.8 Å². The van der Waals surface area contributed by atoms with E-state index >= 15 is 0 Å². The molecular weight excluding hydrogens is 224 g/mol. The Morgan fingerprint density at radius 1 is 1.19 bits per heavy atom. The molecule has 0 bridgehead atoms. The predicted octanol–water partition coefficient (Wildman–Crippen LogP) is 0.909. The molecule has 6 heteroatoms. The molecule has 0 aliphatic carbocycles. The smallest absolute Gasteiger partial charge is 0.282 e. The van der Waals surface area contributed by atoms with Crippen LogP contribution in [0.5, 0.6) is 0 Å². The lowest BCUT2D eigenvalue weighted by atomic mass is 10.3. The summed E-state index contributed by atoms with van der Waals surface area (Å²) in [5.41, 5.74) is 2.40. The first-order valence-corrected chi connectivity index (χ1v) is 6.04. The maximum Gasteiger partial charge on any atom is 0.282 e. The van der Waals surface area contributed by atoms with Crippen molar-refractivity contribution in [1.29, 1.82) is 0 Å². The normalized spacial score (nSPS) is 14.4. The predicted molar refractivity (Wildman–Crippen MR) is 61.8 cm³/mol. The highest BCUT2D eigenvalue weighted by Gasteiger charge is 2.18. The molecule has 3 rings (SSSR count). The summed E-state index contributed by atoms with van der Waals surface area (Å²) in [6.07, 6.45) is 0. The zero-order valence-corrected chi connectivity index (χ0v) is 9.84. The Morgan fingerprint density at radius 3 is 2.75 bits per heavy atom. The molecule has 0 saturated heterocycles. The molecule has 16 heavy (non-hydrogen) atoms. The summed E-state index contributed by atoms with van der Waals surface area (Å²) in [7, 11) is 0. The van der Waals surface area contributed by atoms with Gasteiger partial charge in [0.15, 0.2) is 16.3 Å². The van der Waals surface area contributed by atoms with Gasteiger partial charge in [0.2, 0.25) is 0 Å². The van der Waals surface area contributed by atoms with Gasteiger partial charge in [0, 0.05) is 12.3 Å². The quantitative estimate of drug-likeness (QED) is 0.634. The fourth-order valence-electron chi connectivity index (χ4n) is 1.71. The summed E-state index contributed by atoms with van der Waals surface area (Å²) in [6, 6.07) is 0. The minimum atomic E-state index is -0.0689. The van der Waals surface area contributed by atoms with Crippen molar-refractivity contribution < 1.29 is 0 Å². The van der Waals surface area contributed by atoms with Crippen molar-refractivity contribution >= 4 is 22.9 Å². The maximum atomic E-state index is 12.1. The minimum absolute atomic E-state index is 0.0689. The van der Waals surface area contributed by atoms with E-state index in [1.54, 1.807) is 16.3 Å². The molecule has 0 amide bonds. The van der Waals surface area contributed by atoms with Crippen molar-refractivity contribution in [3.63, 3.8) is 0 Å². The average molecular weight is 234 g/mol. The molecule has 0 saturated carbocycles. The van der Waals surface area contributed by atoms with Gasteiger partial charge in [-0.1, -0.05) is 11.8 Å². The fourth-order valence-corrected chi connectivity index (χ4v) is 2.65. The Kier molecular flexibility index (Phi) is 2.00. The van der Waals surface area contributed by atoms with Crippen LogP contribution in [0.15, 0.2) is 9.95 Å². The van der Waals surface area contributed by atoms with E-state index in [0.29, 0.717) is 11.2 Å². The van der Waals surface area contributed by atoms with Crippen molar-refractivity contribution in [2.75, 3.05) is 5.75 Å². The number of thioether (sulfide) groups is 1. The Bertz CT molecular complexity index is 649. The first-order chi connectivity index (χ1) is 7.66. The van der Waals surface area contributed by atoms with Crippen molar-refractivity contribution in [1.82, 2.24) is 19.5 Å². The summed E-state index contributed by atoms with van der Waals surface area (Å²) < 4.78 is 1.68. The van der Waals surface area contributed by atoms with Gasteiger partial charge >= 0.3 is 0 Å². The van der Waals surface area contributed by atoms with E-state index in [1.165, 1.54) is 0 Å². The van der Waals surface area contributed by atoms with Crippen molar-refractivity contribution in [3.8, 4) is 0 Å².